The van der Waals surface area contributed by atoms with Gasteiger partial charge >= 0.3 is 0 Å². The Morgan fingerprint density at radius 2 is 1.47 bits per heavy atom. The fourth-order valence-corrected chi connectivity index (χ4v) is 4.98. The van der Waals surface area contributed by atoms with Crippen LogP contribution in [0.15, 0.2) is 122 Å². The van der Waals surface area contributed by atoms with Gasteiger partial charge in [0, 0.05) is 52.2 Å². The molecule has 0 amide bonds. The van der Waals surface area contributed by atoms with Crippen molar-refractivity contribution in [3.8, 4) is 22.6 Å². The molecule has 0 N–H and O–H groups in total. The summed E-state index contributed by atoms with van der Waals surface area (Å²) in [5.41, 5.74) is 6.88. The van der Waals surface area contributed by atoms with Crippen LogP contribution in [-0.2, 0) is 0 Å². The number of para-hydroxylation sites is 2. The maximum Gasteiger partial charge on any atom is 0.137 e. The smallest absolute Gasteiger partial charge is 0.137 e. The summed E-state index contributed by atoms with van der Waals surface area (Å²) in [4.78, 5) is 8.96. The van der Waals surface area contributed by atoms with E-state index in [9.17, 15) is 0 Å². The highest BCUT2D eigenvalue weighted by Crippen LogP contribution is 2.37. The topological polar surface area (TPSA) is 35.6 Å². The molecule has 160 valence electrons. The lowest BCUT2D eigenvalue weighted by Crippen LogP contribution is -1.97. The van der Waals surface area contributed by atoms with E-state index in [0.29, 0.717) is 0 Å². The highest BCUT2D eigenvalue weighted by molar-refractivity contribution is 6.18. The third-order valence-electron chi connectivity index (χ3n) is 6.50. The summed E-state index contributed by atoms with van der Waals surface area (Å²) in [7, 11) is 0. The molecule has 0 radical (unpaired) electrons. The molecule has 0 spiro atoms. The number of fused-ring (bicyclic) bond motifs is 5. The predicted octanol–water partition coefficient (Wildman–Crippen LogP) is 7.18. The molecule has 0 bridgehead atoms. The van der Waals surface area contributed by atoms with Crippen molar-refractivity contribution < 1.29 is 0 Å². The first-order valence-corrected chi connectivity index (χ1v) is 11.3. The Kier molecular flexibility index (Phi) is 4.11. The molecule has 3 aromatic carbocycles. The van der Waals surface area contributed by atoms with Crippen LogP contribution in [-0.4, -0.2) is 19.1 Å². The third-order valence-corrected chi connectivity index (χ3v) is 6.50. The van der Waals surface area contributed by atoms with Crippen LogP contribution in [0.5, 0.6) is 0 Å². The number of hydrogen-bond acceptors (Lipinski definition) is 2. The molecule has 0 aliphatic carbocycles. The van der Waals surface area contributed by atoms with Crippen molar-refractivity contribution >= 4 is 32.7 Å². The van der Waals surface area contributed by atoms with E-state index in [0.717, 1.165) is 28.1 Å². The summed E-state index contributed by atoms with van der Waals surface area (Å²) < 4.78 is 4.54. The number of pyridine rings is 2. The Balaban J connectivity index is 1.51. The van der Waals surface area contributed by atoms with Crippen LogP contribution >= 0.6 is 0 Å². The van der Waals surface area contributed by atoms with Crippen molar-refractivity contribution in [2.24, 2.45) is 0 Å². The van der Waals surface area contributed by atoms with Gasteiger partial charge in [-0.25, -0.2) is 4.98 Å². The second-order valence-electron chi connectivity index (χ2n) is 8.41. The zero-order chi connectivity index (χ0) is 22.5. The first kappa shape index (κ1) is 18.8. The maximum absolute atomic E-state index is 4.70. The van der Waals surface area contributed by atoms with Crippen molar-refractivity contribution in [1.29, 1.82) is 0 Å². The highest BCUT2D eigenvalue weighted by atomic mass is 15.1. The predicted molar refractivity (Wildman–Crippen MR) is 139 cm³/mol. The van der Waals surface area contributed by atoms with Crippen molar-refractivity contribution in [1.82, 2.24) is 19.1 Å². The molecule has 0 atom stereocenters. The summed E-state index contributed by atoms with van der Waals surface area (Å²) in [6.45, 7) is 0. The number of aromatic nitrogens is 4. The van der Waals surface area contributed by atoms with Gasteiger partial charge in [0.2, 0.25) is 0 Å². The zero-order valence-corrected chi connectivity index (χ0v) is 18.3. The summed E-state index contributed by atoms with van der Waals surface area (Å²) >= 11 is 0. The minimum atomic E-state index is 0.887. The normalized spacial score (nSPS) is 11.5. The molecule has 0 saturated heterocycles. The summed E-state index contributed by atoms with van der Waals surface area (Å²) in [6.07, 6.45) is 7.66. The lowest BCUT2D eigenvalue weighted by molar-refractivity contribution is 1.04. The van der Waals surface area contributed by atoms with Gasteiger partial charge in [0.1, 0.15) is 5.82 Å². The van der Waals surface area contributed by atoms with Gasteiger partial charge in [-0.1, -0.05) is 48.5 Å². The Bertz CT molecular complexity index is 1790. The molecule has 4 nitrogen and oxygen atoms in total. The monoisotopic (exact) mass is 436 g/mol. The average Bonchev–Trinajstić information content (AvgIpc) is 3.49. The summed E-state index contributed by atoms with van der Waals surface area (Å²) in [5.74, 6) is 0.887. The minimum absolute atomic E-state index is 0.887. The fourth-order valence-electron chi connectivity index (χ4n) is 4.98. The van der Waals surface area contributed by atoms with Crippen LogP contribution in [0.4, 0.5) is 0 Å². The molecule has 0 aliphatic heterocycles. The number of nitrogens with zero attached hydrogens (tertiary/aromatic N) is 4. The lowest BCUT2D eigenvalue weighted by Gasteiger charge is -2.10. The number of hydrogen-bond donors (Lipinski definition) is 0. The first-order valence-electron chi connectivity index (χ1n) is 11.3. The van der Waals surface area contributed by atoms with Gasteiger partial charge in [0.25, 0.3) is 0 Å². The molecule has 4 heterocycles. The summed E-state index contributed by atoms with van der Waals surface area (Å²) in [6, 6.07) is 34.0. The van der Waals surface area contributed by atoms with E-state index in [4.69, 9.17) is 4.98 Å². The Hall–Kier alpha value is -4.70. The van der Waals surface area contributed by atoms with Gasteiger partial charge in [-0.05, 0) is 54.1 Å². The van der Waals surface area contributed by atoms with Crippen LogP contribution < -0.4 is 0 Å². The molecule has 0 fully saturated rings. The molecule has 0 saturated carbocycles. The third kappa shape index (κ3) is 2.79. The van der Waals surface area contributed by atoms with Crippen LogP contribution in [0.3, 0.4) is 0 Å². The van der Waals surface area contributed by atoms with Crippen LogP contribution in [0.1, 0.15) is 0 Å². The zero-order valence-electron chi connectivity index (χ0n) is 18.3. The maximum atomic E-state index is 4.70. The second kappa shape index (κ2) is 7.42. The number of benzene rings is 3. The molecule has 34 heavy (non-hydrogen) atoms. The lowest BCUT2D eigenvalue weighted by atomic mass is 10.1. The van der Waals surface area contributed by atoms with Gasteiger partial charge in [0.15, 0.2) is 0 Å². The first-order chi connectivity index (χ1) is 16.9. The van der Waals surface area contributed by atoms with Gasteiger partial charge in [0.05, 0.1) is 16.6 Å². The molecule has 4 aromatic heterocycles. The van der Waals surface area contributed by atoms with E-state index in [2.05, 4.69) is 105 Å². The Morgan fingerprint density at radius 1 is 0.588 bits per heavy atom. The molecular formula is C30H20N4. The van der Waals surface area contributed by atoms with Gasteiger partial charge < -0.3 is 9.13 Å². The van der Waals surface area contributed by atoms with E-state index >= 15 is 0 Å². The standard InChI is InChI=1S/C30H20N4/c1-2-8-23(9-3-1)34-28-11-5-4-10-24(28)25-12-13-27-26(30(25)34)15-18-33(27)29-19-21(14-17-32-29)22-7-6-16-31-20-22/h1-20H. The van der Waals surface area contributed by atoms with Crippen LogP contribution in [0.25, 0.3) is 55.3 Å². The quantitative estimate of drug-likeness (QED) is 0.294. The van der Waals surface area contributed by atoms with E-state index in [-0.39, 0.29) is 0 Å². The Labute approximate surface area is 196 Å². The van der Waals surface area contributed by atoms with Crippen molar-refractivity contribution in [3.05, 3.63) is 122 Å². The van der Waals surface area contributed by atoms with E-state index in [1.54, 1.807) is 6.20 Å². The largest absolute Gasteiger partial charge is 0.309 e. The van der Waals surface area contributed by atoms with Crippen LogP contribution in [0.2, 0.25) is 0 Å². The van der Waals surface area contributed by atoms with E-state index in [1.165, 1.54) is 27.2 Å². The highest BCUT2D eigenvalue weighted by Gasteiger charge is 2.17. The molecule has 7 rings (SSSR count). The molecule has 0 aliphatic rings. The van der Waals surface area contributed by atoms with Crippen LogP contribution in [0, 0.1) is 0 Å². The molecular weight excluding hydrogens is 416 g/mol. The van der Waals surface area contributed by atoms with Gasteiger partial charge in [-0.3, -0.25) is 4.98 Å². The molecule has 0 unspecified atom stereocenters. The van der Waals surface area contributed by atoms with Gasteiger partial charge in [-0.15, -0.1) is 0 Å². The van der Waals surface area contributed by atoms with Gasteiger partial charge in [-0.2, -0.15) is 0 Å². The minimum Gasteiger partial charge on any atom is -0.309 e. The second-order valence-corrected chi connectivity index (χ2v) is 8.41. The average molecular weight is 437 g/mol. The number of rotatable bonds is 3. The molecule has 7 aromatic rings. The van der Waals surface area contributed by atoms with Crippen molar-refractivity contribution in [3.63, 3.8) is 0 Å². The van der Waals surface area contributed by atoms with Crippen molar-refractivity contribution in [2.45, 2.75) is 0 Å². The van der Waals surface area contributed by atoms with E-state index in [1.807, 2.05) is 24.5 Å². The Morgan fingerprint density at radius 3 is 2.35 bits per heavy atom. The SMILES string of the molecule is c1ccc(-n2c3ccccc3c3ccc4c(ccn4-c4cc(-c5cccnc5)ccn4)c32)cc1. The fraction of sp³-hybridized carbons (Fsp3) is 0. The summed E-state index contributed by atoms with van der Waals surface area (Å²) in [5, 5.41) is 3.71. The van der Waals surface area contributed by atoms with Crippen molar-refractivity contribution in [2.75, 3.05) is 0 Å². The van der Waals surface area contributed by atoms with E-state index < -0.39 is 0 Å². The molecule has 4 heteroatoms.